The molecule has 0 radical (unpaired) electrons. The van der Waals surface area contributed by atoms with Gasteiger partial charge in [0.2, 0.25) is 10.0 Å². The van der Waals surface area contributed by atoms with E-state index in [4.69, 9.17) is 22.7 Å². The topological polar surface area (TPSA) is 96.0 Å². The van der Waals surface area contributed by atoms with Crippen LogP contribution >= 0.6 is 11.6 Å². The fraction of sp³-hybridized carbons (Fsp3) is 0.278. The number of hydrogen-bond donors (Lipinski definition) is 3. The molecular formula is C18H22ClN3O2S. The van der Waals surface area contributed by atoms with E-state index in [1.807, 2.05) is 12.1 Å². The summed E-state index contributed by atoms with van der Waals surface area (Å²) < 4.78 is 27.5. The Bertz CT molecular complexity index is 862. The fourth-order valence-electron chi connectivity index (χ4n) is 2.35. The lowest BCUT2D eigenvalue weighted by atomic mass is 10.0. The molecule has 0 amide bonds. The number of halogens is 1. The minimum Gasteiger partial charge on any atom is -0.384 e. The second-order valence-corrected chi connectivity index (χ2v) is 8.25. The standard InChI is InChI=1S/C18H22ClN3O2S/c1-12(2)14-5-3-13(4-6-14)9-10-22-25(23,24)17-11-15(18(20)21)7-8-16(17)19/h3-8,11-12,22H,9-10H2,1-2H3,(H3,20,21). The number of nitrogen functional groups attached to an aromatic ring is 1. The molecule has 0 bridgehead atoms. The molecule has 0 aliphatic rings. The molecule has 0 aliphatic heterocycles. The number of benzene rings is 2. The van der Waals surface area contributed by atoms with Crippen molar-refractivity contribution < 1.29 is 8.42 Å². The summed E-state index contributed by atoms with van der Waals surface area (Å²) in [5, 5.41) is 7.52. The molecule has 0 heterocycles. The molecule has 4 N–H and O–H groups in total. The van der Waals surface area contributed by atoms with Crippen LogP contribution in [-0.4, -0.2) is 20.8 Å². The highest BCUT2D eigenvalue weighted by atomic mass is 35.5. The maximum Gasteiger partial charge on any atom is 0.242 e. The lowest BCUT2D eigenvalue weighted by Crippen LogP contribution is -2.26. The number of nitrogens with two attached hydrogens (primary N) is 1. The van der Waals surface area contributed by atoms with Crippen molar-refractivity contribution in [2.24, 2.45) is 5.73 Å². The van der Waals surface area contributed by atoms with E-state index in [0.717, 1.165) is 5.56 Å². The highest BCUT2D eigenvalue weighted by Crippen LogP contribution is 2.22. The Morgan fingerprint density at radius 2 is 1.84 bits per heavy atom. The number of nitrogens with one attached hydrogen (secondary N) is 2. The second-order valence-electron chi connectivity index (χ2n) is 6.10. The first-order chi connectivity index (χ1) is 11.7. The van der Waals surface area contributed by atoms with Gasteiger partial charge in [-0.1, -0.05) is 49.7 Å². The first-order valence-electron chi connectivity index (χ1n) is 7.93. The van der Waals surface area contributed by atoms with E-state index in [2.05, 4.69) is 30.7 Å². The Hall–Kier alpha value is -1.89. The van der Waals surface area contributed by atoms with Crippen LogP contribution in [0.5, 0.6) is 0 Å². The minimum atomic E-state index is -3.77. The molecule has 0 unspecified atom stereocenters. The molecule has 2 aromatic rings. The molecule has 134 valence electrons. The SMILES string of the molecule is CC(C)c1ccc(CCNS(=O)(=O)c2cc(C(=N)N)ccc2Cl)cc1. The molecule has 0 fully saturated rings. The number of hydrogen-bond acceptors (Lipinski definition) is 3. The van der Waals surface area contributed by atoms with E-state index in [9.17, 15) is 8.42 Å². The lowest BCUT2D eigenvalue weighted by molar-refractivity contribution is 0.581. The molecule has 0 saturated carbocycles. The van der Waals surface area contributed by atoms with E-state index in [1.54, 1.807) is 0 Å². The van der Waals surface area contributed by atoms with Crippen molar-refractivity contribution in [1.29, 1.82) is 5.41 Å². The predicted molar refractivity (Wildman–Crippen MR) is 102 cm³/mol. The van der Waals surface area contributed by atoms with Crippen molar-refractivity contribution in [1.82, 2.24) is 4.72 Å². The van der Waals surface area contributed by atoms with E-state index >= 15 is 0 Å². The predicted octanol–water partition coefficient (Wildman–Crippen LogP) is 3.27. The number of amidine groups is 1. The Labute approximate surface area is 153 Å². The van der Waals surface area contributed by atoms with Crippen molar-refractivity contribution in [2.45, 2.75) is 31.1 Å². The fourth-order valence-corrected chi connectivity index (χ4v) is 3.91. The first-order valence-corrected chi connectivity index (χ1v) is 9.79. The molecule has 0 atom stereocenters. The largest absolute Gasteiger partial charge is 0.384 e. The Morgan fingerprint density at radius 3 is 2.40 bits per heavy atom. The highest BCUT2D eigenvalue weighted by molar-refractivity contribution is 7.89. The molecule has 2 rings (SSSR count). The zero-order valence-corrected chi connectivity index (χ0v) is 15.8. The van der Waals surface area contributed by atoms with Gasteiger partial charge in [0.15, 0.2) is 0 Å². The third kappa shape index (κ3) is 5.04. The van der Waals surface area contributed by atoms with Gasteiger partial charge >= 0.3 is 0 Å². The minimum absolute atomic E-state index is 0.0722. The van der Waals surface area contributed by atoms with Crippen LogP contribution in [0.25, 0.3) is 0 Å². The normalized spacial score (nSPS) is 11.7. The zero-order valence-electron chi connectivity index (χ0n) is 14.2. The van der Waals surface area contributed by atoms with Crippen molar-refractivity contribution in [2.75, 3.05) is 6.54 Å². The molecule has 2 aromatic carbocycles. The molecule has 0 aliphatic carbocycles. The summed E-state index contributed by atoms with van der Waals surface area (Å²) >= 11 is 6.00. The monoisotopic (exact) mass is 379 g/mol. The van der Waals surface area contributed by atoms with Gasteiger partial charge in [0, 0.05) is 12.1 Å². The highest BCUT2D eigenvalue weighted by Gasteiger charge is 2.18. The van der Waals surface area contributed by atoms with Gasteiger partial charge in [-0.3, -0.25) is 5.41 Å². The summed E-state index contributed by atoms with van der Waals surface area (Å²) in [6.07, 6.45) is 0.571. The molecule has 0 saturated heterocycles. The van der Waals surface area contributed by atoms with Crippen LogP contribution in [0.15, 0.2) is 47.4 Å². The Morgan fingerprint density at radius 1 is 1.20 bits per heavy atom. The molecular weight excluding hydrogens is 358 g/mol. The average molecular weight is 380 g/mol. The zero-order chi connectivity index (χ0) is 18.6. The van der Waals surface area contributed by atoms with E-state index in [1.165, 1.54) is 23.8 Å². The van der Waals surface area contributed by atoms with Gasteiger partial charge in [-0.25, -0.2) is 13.1 Å². The molecule has 7 heteroatoms. The van der Waals surface area contributed by atoms with Crippen LogP contribution in [-0.2, 0) is 16.4 Å². The van der Waals surface area contributed by atoms with Crippen molar-refractivity contribution in [3.63, 3.8) is 0 Å². The van der Waals surface area contributed by atoms with Crippen LogP contribution in [0.2, 0.25) is 5.02 Å². The molecule has 25 heavy (non-hydrogen) atoms. The number of rotatable bonds is 7. The van der Waals surface area contributed by atoms with Gasteiger partial charge in [-0.15, -0.1) is 0 Å². The Kier molecular flexibility index (Phi) is 6.21. The van der Waals surface area contributed by atoms with E-state index in [-0.39, 0.29) is 22.3 Å². The maximum absolute atomic E-state index is 12.5. The van der Waals surface area contributed by atoms with Crippen molar-refractivity contribution in [3.05, 3.63) is 64.2 Å². The summed E-state index contributed by atoms with van der Waals surface area (Å²) in [5.41, 5.74) is 8.02. The van der Waals surface area contributed by atoms with Crippen LogP contribution in [0.4, 0.5) is 0 Å². The Balaban J connectivity index is 2.07. The van der Waals surface area contributed by atoms with Gasteiger partial charge in [0.05, 0.1) is 5.02 Å². The maximum atomic E-state index is 12.5. The first kappa shape index (κ1) is 19.4. The quantitative estimate of drug-likeness (QED) is 0.508. The summed E-state index contributed by atoms with van der Waals surface area (Å²) in [5.74, 6) is 0.251. The van der Waals surface area contributed by atoms with Crippen LogP contribution in [0.1, 0.15) is 36.5 Å². The third-order valence-electron chi connectivity index (χ3n) is 3.88. The average Bonchev–Trinajstić information content (AvgIpc) is 2.55. The van der Waals surface area contributed by atoms with E-state index < -0.39 is 10.0 Å². The molecule has 0 aromatic heterocycles. The van der Waals surface area contributed by atoms with Gasteiger partial charge < -0.3 is 5.73 Å². The van der Waals surface area contributed by atoms with Gasteiger partial charge in [0.1, 0.15) is 10.7 Å². The molecule has 0 spiro atoms. The van der Waals surface area contributed by atoms with Crippen LogP contribution in [0.3, 0.4) is 0 Å². The molecule has 5 nitrogen and oxygen atoms in total. The van der Waals surface area contributed by atoms with Gasteiger partial charge in [-0.05, 0) is 41.7 Å². The van der Waals surface area contributed by atoms with Crippen LogP contribution in [0, 0.1) is 5.41 Å². The van der Waals surface area contributed by atoms with Crippen LogP contribution < -0.4 is 10.5 Å². The van der Waals surface area contributed by atoms with Crippen molar-refractivity contribution >= 4 is 27.5 Å². The second kappa shape index (κ2) is 7.99. The smallest absolute Gasteiger partial charge is 0.242 e. The lowest BCUT2D eigenvalue weighted by Gasteiger charge is -2.10. The summed E-state index contributed by atoms with van der Waals surface area (Å²) in [6, 6.07) is 12.4. The van der Waals surface area contributed by atoms with Gasteiger partial charge in [0.25, 0.3) is 0 Å². The van der Waals surface area contributed by atoms with E-state index in [0.29, 0.717) is 17.9 Å². The summed E-state index contributed by atoms with van der Waals surface area (Å²) in [7, 11) is -3.77. The van der Waals surface area contributed by atoms with Crippen molar-refractivity contribution in [3.8, 4) is 0 Å². The third-order valence-corrected chi connectivity index (χ3v) is 5.83. The summed E-state index contributed by atoms with van der Waals surface area (Å²) in [4.78, 5) is -0.0722. The number of sulfonamides is 1. The summed E-state index contributed by atoms with van der Waals surface area (Å²) in [6.45, 7) is 4.51. The van der Waals surface area contributed by atoms with Gasteiger partial charge in [-0.2, -0.15) is 0 Å².